The number of aromatic nitrogens is 2. The van der Waals surface area contributed by atoms with Crippen LogP contribution in [-0.4, -0.2) is 28.0 Å². The Morgan fingerprint density at radius 2 is 1.75 bits per heavy atom. The van der Waals surface area contributed by atoms with Crippen LogP contribution in [-0.2, 0) is 30.5 Å². The largest absolute Gasteiger partial charge is 0.366 e. The molecule has 0 aliphatic carbocycles. The van der Waals surface area contributed by atoms with Crippen LogP contribution in [0.2, 0.25) is 15.1 Å². The van der Waals surface area contributed by atoms with Crippen LogP contribution >= 0.6 is 34.8 Å². The molecule has 4 nitrogen and oxygen atoms in total. The van der Waals surface area contributed by atoms with Crippen molar-refractivity contribution in [2.75, 3.05) is 7.11 Å². The summed E-state index contributed by atoms with van der Waals surface area (Å²) in [5, 5.41) is 6.43. The molecule has 7 heteroatoms. The summed E-state index contributed by atoms with van der Waals surface area (Å²) < 4.78 is 7.84. The van der Waals surface area contributed by atoms with Gasteiger partial charge in [-0.05, 0) is 43.0 Å². The molecule has 0 spiro atoms. The van der Waals surface area contributed by atoms with Crippen molar-refractivity contribution in [1.29, 1.82) is 0 Å². The number of hydrogen-bond acceptors (Lipinski definition) is 3. The molecule has 1 aromatic heterocycles. The van der Waals surface area contributed by atoms with Crippen LogP contribution in [0.3, 0.4) is 0 Å². The highest BCUT2D eigenvalue weighted by atomic mass is 35.5. The molecule has 0 N–H and O–H groups in total. The van der Waals surface area contributed by atoms with Crippen LogP contribution < -0.4 is 0 Å². The van der Waals surface area contributed by atoms with E-state index in [0.717, 1.165) is 37.2 Å². The molecule has 0 amide bonds. The first-order chi connectivity index (χ1) is 15.4. The van der Waals surface area contributed by atoms with E-state index in [-0.39, 0.29) is 12.3 Å². The summed E-state index contributed by atoms with van der Waals surface area (Å²) >= 11 is 19.3. The second-order valence-electron chi connectivity index (χ2n) is 8.15. The maximum Gasteiger partial charge on any atom is 0.115 e. The molecule has 0 saturated carbocycles. The van der Waals surface area contributed by atoms with E-state index in [1.165, 1.54) is 16.7 Å². The average Bonchev–Trinajstić information content (AvgIpc) is 3.11. The maximum atomic E-state index is 6.56. The van der Waals surface area contributed by atoms with Crippen molar-refractivity contribution < 1.29 is 4.74 Å². The van der Waals surface area contributed by atoms with Gasteiger partial charge >= 0.3 is 0 Å². The molecule has 0 bridgehead atoms. The lowest BCUT2D eigenvalue weighted by molar-refractivity contribution is -0.0661. The van der Waals surface area contributed by atoms with Gasteiger partial charge in [0, 0.05) is 42.4 Å². The molecule has 3 aromatic rings. The van der Waals surface area contributed by atoms with Gasteiger partial charge in [-0.1, -0.05) is 72.9 Å². The first-order valence-electron chi connectivity index (χ1n) is 11.0. The van der Waals surface area contributed by atoms with Gasteiger partial charge in [0.2, 0.25) is 0 Å². The topological polar surface area (TPSA) is 30.3 Å². The number of nitrogens with zero attached hydrogens (tertiary/aromatic N) is 3. The van der Waals surface area contributed by atoms with Gasteiger partial charge in [0.15, 0.2) is 0 Å². The minimum Gasteiger partial charge on any atom is -0.366 e. The van der Waals surface area contributed by atoms with Gasteiger partial charge in [-0.2, -0.15) is 5.10 Å². The van der Waals surface area contributed by atoms with E-state index in [4.69, 9.17) is 44.6 Å². The molecular weight excluding hydrogens is 465 g/mol. The third-order valence-corrected chi connectivity index (χ3v) is 7.21. The Morgan fingerprint density at radius 1 is 1.06 bits per heavy atom. The Morgan fingerprint density at radius 3 is 2.38 bits per heavy atom. The van der Waals surface area contributed by atoms with Crippen molar-refractivity contribution in [2.45, 2.75) is 58.8 Å². The molecule has 2 aromatic carbocycles. The predicted octanol–water partition coefficient (Wildman–Crippen LogP) is 7.05. The first-order valence-corrected chi connectivity index (χ1v) is 12.1. The molecule has 1 aliphatic rings. The zero-order valence-electron chi connectivity index (χ0n) is 18.8. The second kappa shape index (κ2) is 9.74. The highest BCUT2D eigenvalue weighted by Crippen LogP contribution is 2.37. The van der Waals surface area contributed by atoms with Gasteiger partial charge in [-0.15, -0.1) is 0 Å². The highest BCUT2D eigenvalue weighted by Gasteiger charge is 2.33. The van der Waals surface area contributed by atoms with E-state index in [9.17, 15) is 0 Å². The fourth-order valence-electron chi connectivity index (χ4n) is 4.79. The normalized spacial score (nSPS) is 18.7. The number of ether oxygens (including phenoxy) is 1. The fraction of sp³-hybridized carbons (Fsp3) is 0.400. The van der Waals surface area contributed by atoms with Crippen LogP contribution in [0.15, 0.2) is 36.4 Å². The Kier molecular flexibility index (Phi) is 7.18. The molecule has 0 saturated heterocycles. The Hall–Kier alpha value is -1.56. The molecule has 32 heavy (non-hydrogen) atoms. The van der Waals surface area contributed by atoms with Gasteiger partial charge in [-0.3, -0.25) is 4.90 Å². The summed E-state index contributed by atoms with van der Waals surface area (Å²) in [6.07, 6.45) is 2.48. The molecule has 2 unspecified atom stereocenters. The first kappa shape index (κ1) is 23.6. The lowest BCUT2D eigenvalue weighted by Gasteiger charge is -2.41. The number of hydrogen-bond donors (Lipinski definition) is 0. The molecule has 0 radical (unpaired) electrons. The monoisotopic (exact) mass is 491 g/mol. The van der Waals surface area contributed by atoms with Crippen molar-refractivity contribution in [3.05, 3.63) is 79.5 Å². The molecule has 4 rings (SSSR count). The van der Waals surface area contributed by atoms with Gasteiger partial charge in [-0.25, -0.2) is 4.68 Å². The molecule has 170 valence electrons. The van der Waals surface area contributed by atoms with E-state index in [1.807, 2.05) is 4.68 Å². The lowest BCUT2D eigenvalue weighted by Crippen LogP contribution is -2.43. The summed E-state index contributed by atoms with van der Waals surface area (Å²) in [4.78, 5) is 2.42. The standard InChI is InChI=1S/C25H28Cl3N3O/c1-5-22-19(14-30-15(3)18-10-8-7-9-16(18)11-24(30)32-4)23(6-2)31(29-22)25-20(27)12-17(26)13-21(25)28/h7-10,12-13,15,24H,5-6,11,14H2,1-4H3. The van der Waals surface area contributed by atoms with E-state index < -0.39 is 0 Å². The number of benzene rings is 2. The summed E-state index contributed by atoms with van der Waals surface area (Å²) in [6, 6.07) is 12.3. The summed E-state index contributed by atoms with van der Waals surface area (Å²) in [5.41, 5.74) is 6.75. The summed E-state index contributed by atoms with van der Waals surface area (Å²) in [5.74, 6) is 0. The van der Waals surface area contributed by atoms with Gasteiger partial charge in [0.25, 0.3) is 0 Å². The van der Waals surface area contributed by atoms with Gasteiger partial charge in [0.1, 0.15) is 11.9 Å². The lowest BCUT2D eigenvalue weighted by atomic mass is 9.91. The van der Waals surface area contributed by atoms with Crippen molar-refractivity contribution in [2.24, 2.45) is 0 Å². The van der Waals surface area contributed by atoms with Gasteiger partial charge in [0.05, 0.1) is 15.7 Å². The molecule has 1 aliphatic heterocycles. The van der Waals surface area contributed by atoms with Crippen LogP contribution in [0.5, 0.6) is 0 Å². The SMILES string of the molecule is CCc1nn(-c2c(Cl)cc(Cl)cc2Cl)c(CC)c1CN1C(OC)Cc2ccccc2C1C. The van der Waals surface area contributed by atoms with Crippen LogP contribution in [0.25, 0.3) is 5.69 Å². The number of aryl methyl sites for hydroxylation is 1. The highest BCUT2D eigenvalue weighted by molar-refractivity contribution is 6.40. The van der Waals surface area contributed by atoms with Crippen molar-refractivity contribution in [3.8, 4) is 5.69 Å². The summed E-state index contributed by atoms with van der Waals surface area (Å²) in [6.45, 7) is 7.25. The van der Waals surface area contributed by atoms with Crippen molar-refractivity contribution in [1.82, 2.24) is 14.7 Å². The Bertz CT molecular complexity index is 1100. The number of rotatable bonds is 6. The van der Waals surface area contributed by atoms with E-state index in [1.54, 1.807) is 19.2 Å². The van der Waals surface area contributed by atoms with Crippen LogP contribution in [0.4, 0.5) is 0 Å². The van der Waals surface area contributed by atoms with E-state index >= 15 is 0 Å². The number of halogens is 3. The van der Waals surface area contributed by atoms with E-state index in [2.05, 4.69) is 49.9 Å². The minimum absolute atomic E-state index is 0.000343. The molecular formula is C25H28Cl3N3O. The maximum absolute atomic E-state index is 6.56. The van der Waals surface area contributed by atoms with Crippen LogP contribution in [0.1, 0.15) is 54.9 Å². The van der Waals surface area contributed by atoms with E-state index in [0.29, 0.717) is 20.8 Å². The zero-order chi connectivity index (χ0) is 23.0. The second-order valence-corrected chi connectivity index (χ2v) is 9.40. The van der Waals surface area contributed by atoms with Gasteiger partial charge < -0.3 is 4.74 Å². The average molecular weight is 493 g/mol. The quantitative estimate of drug-likeness (QED) is 0.369. The smallest absolute Gasteiger partial charge is 0.115 e. The van der Waals surface area contributed by atoms with Crippen molar-refractivity contribution >= 4 is 34.8 Å². The fourth-order valence-corrected chi connectivity index (χ4v) is 5.77. The number of fused-ring (bicyclic) bond motifs is 1. The van der Waals surface area contributed by atoms with Crippen LogP contribution in [0, 0.1) is 0 Å². The van der Waals surface area contributed by atoms with Crippen molar-refractivity contribution in [3.63, 3.8) is 0 Å². The zero-order valence-corrected chi connectivity index (χ0v) is 21.1. The minimum atomic E-state index is 0.000343. The predicted molar refractivity (Wildman–Crippen MR) is 132 cm³/mol. The Labute approximate surface area is 205 Å². The third-order valence-electron chi connectivity index (χ3n) is 6.42. The molecule has 2 atom stereocenters. The molecule has 0 fully saturated rings. The summed E-state index contributed by atoms with van der Waals surface area (Å²) in [7, 11) is 1.79. The third kappa shape index (κ3) is 4.20. The Balaban J connectivity index is 1.80. The molecule has 2 heterocycles. The number of methoxy groups -OCH3 is 1.